The molecule has 10 heteroatoms. The molecule has 0 bridgehead atoms. The first kappa shape index (κ1) is 21.7. The number of amides is 1. The van der Waals surface area contributed by atoms with Crippen LogP contribution in [0.25, 0.3) is 33.3 Å². The molecule has 4 heterocycles. The summed E-state index contributed by atoms with van der Waals surface area (Å²) in [6.07, 6.45) is 3.07. The first-order valence-electron chi connectivity index (χ1n) is 10.9. The quantitative estimate of drug-likeness (QED) is 0.420. The van der Waals surface area contributed by atoms with Gasteiger partial charge < -0.3 is 20.8 Å². The lowest BCUT2D eigenvalue weighted by Crippen LogP contribution is -2.38. The van der Waals surface area contributed by atoms with Crippen molar-refractivity contribution in [2.24, 2.45) is 0 Å². The topological polar surface area (TPSA) is 124 Å². The third kappa shape index (κ3) is 3.81. The fourth-order valence-corrected chi connectivity index (χ4v) is 4.50. The van der Waals surface area contributed by atoms with Crippen LogP contribution >= 0.6 is 11.6 Å². The SMILES string of the molecule is CC(C)(C)n1nc(-c2[nH]c3cc(C(=O)NC4CCOCC4)ccc3c2Cl)c2c(N)ncnc21. The lowest BCUT2D eigenvalue weighted by molar-refractivity contribution is 0.0696. The molecular formula is C23H26ClN7O2. The standard InChI is InChI=1S/C23H26ClN7O2/c1-23(2,3)31-21-16(20(25)26-11-27-21)18(30-31)19-17(24)14-5-4-12(10-15(14)29-19)22(32)28-13-6-8-33-9-7-13/h4-5,10-11,13,29H,6-9H2,1-3H3,(H,28,32)(H2,25,26,27). The van der Waals surface area contributed by atoms with Gasteiger partial charge in [0.1, 0.15) is 17.8 Å². The fourth-order valence-electron chi connectivity index (χ4n) is 4.20. The Morgan fingerprint density at radius 2 is 2.03 bits per heavy atom. The molecule has 9 nitrogen and oxygen atoms in total. The van der Waals surface area contributed by atoms with Gasteiger partial charge in [0.25, 0.3) is 5.91 Å². The first-order chi connectivity index (χ1) is 15.7. The Morgan fingerprint density at radius 1 is 1.27 bits per heavy atom. The molecule has 33 heavy (non-hydrogen) atoms. The molecule has 5 rings (SSSR count). The molecule has 0 spiro atoms. The molecule has 1 fully saturated rings. The van der Waals surface area contributed by atoms with Gasteiger partial charge in [0, 0.05) is 35.7 Å². The zero-order valence-corrected chi connectivity index (χ0v) is 19.5. The van der Waals surface area contributed by atoms with Crippen molar-refractivity contribution >= 4 is 45.3 Å². The van der Waals surface area contributed by atoms with Crippen LogP contribution in [0.3, 0.4) is 0 Å². The number of carbonyl (C=O) groups is 1. The number of aromatic nitrogens is 5. The summed E-state index contributed by atoms with van der Waals surface area (Å²) in [4.78, 5) is 24.7. The number of nitrogen functional groups attached to an aromatic ring is 1. The fraction of sp³-hybridized carbons (Fsp3) is 0.391. The van der Waals surface area contributed by atoms with Crippen molar-refractivity contribution in [1.29, 1.82) is 0 Å². The Bertz CT molecular complexity index is 1360. The van der Waals surface area contributed by atoms with E-state index in [4.69, 9.17) is 27.2 Å². The Morgan fingerprint density at radius 3 is 2.76 bits per heavy atom. The third-order valence-corrected chi connectivity index (χ3v) is 6.31. The van der Waals surface area contributed by atoms with Crippen molar-refractivity contribution in [3.05, 3.63) is 35.1 Å². The molecule has 4 aromatic rings. The Balaban J connectivity index is 1.58. The van der Waals surface area contributed by atoms with Crippen LogP contribution in [0.15, 0.2) is 24.5 Å². The van der Waals surface area contributed by atoms with E-state index in [0.29, 0.717) is 52.0 Å². The number of rotatable bonds is 3. The van der Waals surface area contributed by atoms with Crippen LogP contribution in [0.2, 0.25) is 5.02 Å². The number of aromatic amines is 1. The maximum Gasteiger partial charge on any atom is 0.251 e. The van der Waals surface area contributed by atoms with Gasteiger partial charge >= 0.3 is 0 Å². The summed E-state index contributed by atoms with van der Waals surface area (Å²) in [5.74, 6) is 0.216. The van der Waals surface area contributed by atoms with Crippen molar-refractivity contribution in [2.45, 2.75) is 45.2 Å². The normalized spacial score (nSPS) is 15.4. The molecule has 172 valence electrons. The van der Waals surface area contributed by atoms with Gasteiger partial charge in [-0.25, -0.2) is 14.6 Å². The number of H-pyrrole nitrogens is 1. The summed E-state index contributed by atoms with van der Waals surface area (Å²) >= 11 is 6.78. The zero-order valence-electron chi connectivity index (χ0n) is 18.8. The van der Waals surface area contributed by atoms with Crippen molar-refractivity contribution in [2.75, 3.05) is 18.9 Å². The lowest BCUT2D eigenvalue weighted by Gasteiger charge is -2.23. The molecule has 0 aliphatic carbocycles. The highest BCUT2D eigenvalue weighted by molar-refractivity contribution is 6.38. The van der Waals surface area contributed by atoms with E-state index in [0.717, 1.165) is 23.7 Å². The summed E-state index contributed by atoms with van der Waals surface area (Å²) in [6, 6.07) is 5.56. The van der Waals surface area contributed by atoms with E-state index in [1.165, 1.54) is 6.33 Å². The number of hydrogen-bond acceptors (Lipinski definition) is 6. The highest BCUT2D eigenvalue weighted by Crippen LogP contribution is 2.39. The zero-order chi connectivity index (χ0) is 23.3. The van der Waals surface area contributed by atoms with Crippen LogP contribution in [-0.2, 0) is 10.3 Å². The number of nitrogens with one attached hydrogen (secondary N) is 2. The largest absolute Gasteiger partial charge is 0.383 e. The maximum absolute atomic E-state index is 12.8. The molecule has 1 saturated heterocycles. The molecule has 0 radical (unpaired) electrons. The van der Waals surface area contributed by atoms with Gasteiger partial charge in [0.05, 0.1) is 21.6 Å². The second-order valence-electron chi connectivity index (χ2n) is 9.32. The molecule has 0 saturated carbocycles. The second kappa shape index (κ2) is 8.00. The summed E-state index contributed by atoms with van der Waals surface area (Å²) in [5, 5.41) is 9.84. The summed E-state index contributed by atoms with van der Waals surface area (Å²) in [6.45, 7) is 7.45. The summed E-state index contributed by atoms with van der Waals surface area (Å²) < 4.78 is 7.19. The van der Waals surface area contributed by atoms with Crippen LogP contribution in [-0.4, -0.2) is 49.9 Å². The minimum Gasteiger partial charge on any atom is -0.383 e. The van der Waals surface area contributed by atoms with Crippen LogP contribution in [0.1, 0.15) is 44.0 Å². The summed E-state index contributed by atoms with van der Waals surface area (Å²) in [7, 11) is 0. The highest BCUT2D eigenvalue weighted by atomic mass is 35.5. The van der Waals surface area contributed by atoms with E-state index < -0.39 is 0 Å². The number of carbonyl (C=O) groups excluding carboxylic acids is 1. The monoisotopic (exact) mass is 467 g/mol. The molecule has 1 aromatic carbocycles. The van der Waals surface area contributed by atoms with E-state index in [-0.39, 0.29) is 17.5 Å². The van der Waals surface area contributed by atoms with E-state index in [1.807, 2.05) is 37.6 Å². The maximum atomic E-state index is 12.8. The molecule has 3 aromatic heterocycles. The number of fused-ring (bicyclic) bond motifs is 2. The number of benzene rings is 1. The van der Waals surface area contributed by atoms with Crippen LogP contribution in [0, 0.1) is 0 Å². The number of hydrogen-bond donors (Lipinski definition) is 3. The molecule has 1 amide bonds. The third-order valence-electron chi connectivity index (χ3n) is 5.92. The molecular weight excluding hydrogens is 442 g/mol. The summed E-state index contributed by atoms with van der Waals surface area (Å²) in [5.41, 5.74) is 9.02. The van der Waals surface area contributed by atoms with Gasteiger partial charge in [-0.2, -0.15) is 5.10 Å². The van der Waals surface area contributed by atoms with E-state index >= 15 is 0 Å². The number of nitrogens with zero attached hydrogens (tertiary/aromatic N) is 4. The molecule has 4 N–H and O–H groups in total. The number of halogens is 1. The average molecular weight is 468 g/mol. The van der Waals surface area contributed by atoms with E-state index in [9.17, 15) is 4.79 Å². The van der Waals surface area contributed by atoms with Gasteiger partial charge in [0.2, 0.25) is 0 Å². The van der Waals surface area contributed by atoms with Gasteiger partial charge in [-0.1, -0.05) is 17.7 Å². The molecule has 1 aliphatic heterocycles. The molecule has 0 atom stereocenters. The minimum absolute atomic E-state index is 0.115. The predicted octanol–water partition coefficient (Wildman–Crippen LogP) is 3.87. The highest BCUT2D eigenvalue weighted by Gasteiger charge is 2.26. The number of anilines is 1. The van der Waals surface area contributed by atoms with Crippen molar-refractivity contribution in [3.63, 3.8) is 0 Å². The predicted molar refractivity (Wildman–Crippen MR) is 128 cm³/mol. The Kier molecular flexibility index (Phi) is 5.25. The number of nitrogens with two attached hydrogens (primary N) is 1. The smallest absolute Gasteiger partial charge is 0.251 e. The second-order valence-corrected chi connectivity index (χ2v) is 9.70. The number of ether oxygens (including phenoxy) is 1. The molecule has 0 unspecified atom stereocenters. The van der Waals surface area contributed by atoms with Crippen LogP contribution < -0.4 is 11.1 Å². The Hall–Kier alpha value is -3.17. The van der Waals surface area contributed by atoms with Gasteiger partial charge in [0.15, 0.2) is 5.65 Å². The van der Waals surface area contributed by atoms with E-state index in [2.05, 4.69) is 20.3 Å². The Labute approximate surface area is 195 Å². The van der Waals surface area contributed by atoms with Crippen molar-refractivity contribution < 1.29 is 9.53 Å². The van der Waals surface area contributed by atoms with Gasteiger partial charge in [-0.3, -0.25) is 4.79 Å². The van der Waals surface area contributed by atoms with Crippen molar-refractivity contribution in [3.8, 4) is 11.4 Å². The van der Waals surface area contributed by atoms with Crippen LogP contribution in [0.5, 0.6) is 0 Å². The first-order valence-corrected chi connectivity index (χ1v) is 11.3. The van der Waals surface area contributed by atoms with Gasteiger partial charge in [-0.05, 0) is 45.7 Å². The van der Waals surface area contributed by atoms with Crippen molar-refractivity contribution in [1.82, 2.24) is 30.0 Å². The minimum atomic E-state index is -0.328. The van der Waals surface area contributed by atoms with E-state index in [1.54, 1.807) is 6.07 Å². The molecule has 1 aliphatic rings. The van der Waals surface area contributed by atoms with Gasteiger partial charge in [-0.15, -0.1) is 0 Å². The van der Waals surface area contributed by atoms with Crippen LogP contribution in [0.4, 0.5) is 5.82 Å². The lowest BCUT2D eigenvalue weighted by atomic mass is 10.1. The average Bonchev–Trinajstić information content (AvgIpc) is 3.33.